The Morgan fingerprint density at radius 2 is 2.05 bits per heavy atom. The third-order valence-corrected chi connectivity index (χ3v) is 3.18. The minimum Gasteiger partial charge on any atom is -0.319 e. The molecule has 2 heterocycles. The van der Waals surface area contributed by atoms with Gasteiger partial charge in [-0.25, -0.2) is 4.68 Å². The number of carbonyl (C=O) groups excluding carboxylic acids is 1. The quantitative estimate of drug-likeness (QED) is 0.808. The molecule has 0 radical (unpaired) electrons. The molecule has 0 fully saturated rings. The van der Waals surface area contributed by atoms with Crippen LogP contribution in [0, 0.1) is 0 Å². The van der Waals surface area contributed by atoms with E-state index >= 15 is 0 Å². The second-order valence-electron chi connectivity index (χ2n) is 4.28. The van der Waals surface area contributed by atoms with Crippen molar-refractivity contribution in [1.29, 1.82) is 0 Å². The summed E-state index contributed by atoms with van der Waals surface area (Å²) in [5.74, 6) is -0.302. The number of anilines is 1. The number of hydrogen-bond acceptors (Lipinski definition) is 3. The number of amides is 1. The second kappa shape index (κ2) is 5.76. The molecule has 0 saturated heterocycles. The van der Waals surface area contributed by atoms with E-state index in [0.717, 1.165) is 5.69 Å². The summed E-state index contributed by atoms with van der Waals surface area (Å²) in [7, 11) is 0. The van der Waals surface area contributed by atoms with Crippen molar-refractivity contribution in [3.05, 3.63) is 71.8 Å². The van der Waals surface area contributed by atoms with E-state index in [9.17, 15) is 4.79 Å². The van der Waals surface area contributed by atoms with Gasteiger partial charge in [-0.1, -0.05) is 17.7 Å². The summed E-state index contributed by atoms with van der Waals surface area (Å²) in [5.41, 5.74) is 1.69. The van der Waals surface area contributed by atoms with Gasteiger partial charge in [0.05, 0.1) is 16.4 Å². The first kappa shape index (κ1) is 13.3. The van der Waals surface area contributed by atoms with Crippen LogP contribution in [0.3, 0.4) is 0 Å². The van der Waals surface area contributed by atoms with Gasteiger partial charge in [0.15, 0.2) is 0 Å². The highest BCUT2D eigenvalue weighted by Gasteiger charge is 2.10. The average molecular weight is 299 g/mol. The van der Waals surface area contributed by atoms with Crippen molar-refractivity contribution in [3.8, 4) is 5.69 Å². The normalized spacial score (nSPS) is 10.3. The molecule has 3 aromatic rings. The van der Waals surface area contributed by atoms with Crippen LogP contribution in [0.2, 0.25) is 5.02 Å². The summed E-state index contributed by atoms with van der Waals surface area (Å²) in [4.78, 5) is 16.0. The average Bonchev–Trinajstić information content (AvgIpc) is 3.04. The van der Waals surface area contributed by atoms with Crippen LogP contribution in [0.1, 0.15) is 10.5 Å². The molecule has 1 N–H and O–H groups in total. The predicted octanol–water partition coefficient (Wildman–Crippen LogP) is 3.17. The van der Waals surface area contributed by atoms with Gasteiger partial charge < -0.3 is 5.32 Å². The largest absolute Gasteiger partial charge is 0.319 e. The number of benzene rings is 1. The van der Waals surface area contributed by atoms with Crippen molar-refractivity contribution in [3.63, 3.8) is 0 Å². The molecule has 5 nitrogen and oxygen atoms in total. The zero-order valence-electron chi connectivity index (χ0n) is 10.9. The molecule has 0 atom stereocenters. The Morgan fingerprint density at radius 1 is 1.14 bits per heavy atom. The van der Waals surface area contributed by atoms with E-state index < -0.39 is 0 Å². The molecular formula is C15H11ClN4O. The Morgan fingerprint density at radius 3 is 2.71 bits per heavy atom. The fraction of sp³-hybridized carbons (Fsp3) is 0. The van der Waals surface area contributed by atoms with Crippen molar-refractivity contribution in [2.75, 3.05) is 5.32 Å². The van der Waals surface area contributed by atoms with Crippen LogP contribution in [0.5, 0.6) is 0 Å². The van der Waals surface area contributed by atoms with Gasteiger partial charge in [-0.15, -0.1) is 0 Å². The highest BCUT2D eigenvalue weighted by molar-refractivity contribution is 6.34. The highest BCUT2D eigenvalue weighted by Crippen LogP contribution is 2.25. The molecule has 1 amide bonds. The van der Waals surface area contributed by atoms with E-state index in [1.165, 1.54) is 0 Å². The Kier molecular flexibility index (Phi) is 3.66. The van der Waals surface area contributed by atoms with E-state index in [1.54, 1.807) is 47.4 Å². The number of pyridine rings is 1. The van der Waals surface area contributed by atoms with E-state index in [4.69, 9.17) is 11.6 Å². The standard InChI is InChI=1S/C15H11ClN4O/c16-12-10-11(20-9-3-8-18-20)5-6-13(12)19-15(21)14-4-1-2-7-17-14/h1-10H,(H,19,21). The predicted molar refractivity (Wildman–Crippen MR) is 80.8 cm³/mol. The molecule has 0 aliphatic heterocycles. The van der Waals surface area contributed by atoms with Gasteiger partial charge in [-0.3, -0.25) is 9.78 Å². The zero-order valence-corrected chi connectivity index (χ0v) is 11.7. The minimum absolute atomic E-state index is 0.302. The van der Waals surface area contributed by atoms with Crippen molar-refractivity contribution in [1.82, 2.24) is 14.8 Å². The number of aromatic nitrogens is 3. The fourth-order valence-corrected chi connectivity index (χ4v) is 2.07. The van der Waals surface area contributed by atoms with Crippen LogP contribution >= 0.6 is 11.6 Å². The third kappa shape index (κ3) is 2.93. The van der Waals surface area contributed by atoms with Crippen LogP contribution < -0.4 is 5.32 Å². The van der Waals surface area contributed by atoms with Gasteiger partial charge in [0.1, 0.15) is 5.69 Å². The summed E-state index contributed by atoms with van der Waals surface area (Å²) in [6.45, 7) is 0. The third-order valence-electron chi connectivity index (χ3n) is 2.87. The molecule has 0 bridgehead atoms. The van der Waals surface area contributed by atoms with Crippen molar-refractivity contribution < 1.29 is 4.79 Å². The van der Waals surface area contributed by atoms with Crippen LogP contribution in [0.25, 0.3) is 5.69 Å². The zero-order chi connectivity index (χ0) is 14.7. The van der Waals surface area contributed by atoms with Crippen molar-refractivity contribution in [2.45, 2.75) is 0 Å². The molecule has 0 spiro atoms. The molecular weight excluding hydrogens is 288 g/mol. The van der Waals surface area contributed by atoms with Gasteiger partial charge >= 0.3 is 0 Å². The fourth-order valence-electron chi connectivity index (χ4n) is 1.85. The second-order valence-corrected chi connectivity index (χ2v) is 4.69. The lowest BCUT2D eigenvalue weighted by Gasteiger charge is -2.09. The van der Waals surface area contributed by atoms with Crippen LogP contribution in [-0.2, 0) is 0 Å². The number of nitrogens with one attached hydrogen (secondary N) is 1. The molecule has 104 valence electrons. The Balaban J connectivity index is 1.82. The summed E-state index contributed by atoms with van der Waals surface area (Å²) >= 11 is 6.20. The molecule has 0 saturated carbocycles. The first-order chi connectivity index (χ1) is 10.2. The van der Waals surface area contributed by atoms with Gasteiger partial charge in [0, 0.05) is 18.6 Å². The molecule has 0 unspecified atom stereocenters. The summed E-state index contributed by atoms with van der Waals surface area (Å²) in [6.07, 6.45) is 5.07. The van der Waals surface area contributed by atoms with Gasteiger partial charge in [-0.05, 0) is 36.4 Å². The molecule has 21 heavy (non-hydrogen) atoms. The lowest BCUT2D eigenvalue weighted by molar-refractivity contribution is 0.102. The van der Waals surface area contributed by atoms with E-state index in [-0.39, 0.29) is 5.91 Å². The van der Waals surface area contributed by atoms with Gasteiger partial charge in [0.25, 0.3) is 5.91 Å². The van der Waals surface area contributed by atoms with Gasteiger partial charge in [0.2, 0.25) is 0 Å². The van der Waals surface area contributed by atoms with E-state index in [1.807, 2.05) is 18.3 Å². The highest BCUT2D eigenvalue weighted by atomic mass is 35.5. The molecule has 3 rings (SSSR count). The topological polar surface area (TPSA) is 59.8 Å². The number of halogens is 1. The maximum atomic E-state index is 12.0. The maximum absolute atomic E-state index is 12.0. The Labute approximate surface area is 126 Å². The van der Waals surface area contributed by atoms with Crippen LogP contribution in [-0.4, -0.2) is 20.7 Å². The lowest BCUT2D eigenvalue weighted by atomic mass is 10.2. The number of rotatable bonds is 3. The van der Waals surface area contributed by atoms with Crippen LogP contribution in [0.4, 0.5) is 5.69 Å². The summed E-state index contributed by atoms with van der Waals surface area (Å²) in [5, 5.41) is 7.30. The van der Waals surface area contributed by atoms with Gasteiger partial charge in [-0.2, -0.15) is 5.10 Å². The first-order valence-electron chi connectivity index (χ1n) is 6.26. The number of hydrogen-bond donors (Lipinski definition) is 1. The Hall–Kier alpha value is -2.66. The molecule has 6 heteroatoms. The minimum atomic E-state index is -0.302. The SMILES string of the molecule is O=C(Nc1ccc(-n2cccn2)cc1Cl)c1ccccn1. The molecule has 0 aliphatic rings. The number of carbonyl (C=O) groups is 1. The lowest BCUT2D eigenvalue weighted by Crippen LogP contribution is -2.13. The maximum Gasteiger partial charge on any atom is 0.274 e. The molecule has 0 aliphatic carbocycles. The monoisotopic (exact) mass is 298 g/mol. The van der Waals surface area contributed by atoms with E-state index in [0.29, 0.717) is 16.4 Å². The molecule has 1 aromatic carbocycles. The van der Waals surface area contributed by atoms with Crippen LogP contribution in [0.15, 0.2) is 61.1 Å². The van der Waals surface area contributed by atoms with E-state index in [2.05, 4.69) is 15.4 Å². The molecule has 2 aromatic heterocycles. The number of nitrogens with zero attached hydrogens (tertiary/aromatic N) is 3. The summed E-state index contributed by atoms with van der Waals surface area (Å²) < 4.78 is 1.69. The first-order valence-corrected chi connectivity index (χ1v) is 6.64. The Bertz CT molecular complexity index is 757. The van der Waals surface area contributed by atoms with Crippen molar-refractivity contribution >= 4 is 23.2 Å². The summed E-state index contributed by atoms with van der Waals surface area (Å²) in [6, 6.07) is 12.3. The smallest absolute Gasteiger partial charge is 0.274 e. The van der Waals surface area contributed by atoms with Crippen molar-refractivity contribution in [2.24, 2.45) is 0 Å².